The maximum Gasteiger partial charge on any atom is 0.170 e. The minimum absolute atomic E-state index is 0.116. The predicted molar refractivity (Wildman–Crippen MR) is 74.4 cm³/mol. The third-order valence-corrected chi connectivity index (χ3v) is 2.94. The summed E-state index contributed by atoms with van der Waals surface area (Å²) in [6.07, 6.45) is 3.71. The van der Waals surface area contributed by atoms with Crippen molar-refractivity contribution in [1.82, 2.24) is 9.78 Å². The summed E-state index contributed by atoms with van der Waals surface area (Å²) in [6, 6.07) is 9.45. The number of aromatic nitrogens is 2. The van der Waals surface area contributed by atoms with Gasteiger partial charge in [0.2, 0.25) is 0 Å². The van der Waals surface area contributed by atoms with E-state index in [0.29, 0.717) is 5.56 Å². The van der Waals surface area contributed by atoms with Crippen LogP contribution in [0.1, 0.15) is 5.56 Å². The van der Waals surface area contributed by atoms with E-state index in [1.54, 1.807) is 6.20 Å². The summed E-state index contributed by atoms with van der Waals surface area (Å²) in [7, 11) is 2.02. The van der Waals surface area contributed by atoms with E-state index in [1.807, 2.05) is 48.3 Å². The zero-order chi connectivity index (χ0) is 13.7. The number of anilines is 1. The number of rotatable bonds is 5. The van der Waals surface area contributed by atoms with E-state index in [-0.39, 0.29) is 5.84 Å². The summed E-state index contributed by atoms with van der Waals surface area (Å²) in [5.41, 5.74) is 7.29. The molecule has 0 spiro atoms. The molecule has 0 bridgehead atoms. The molecule has 0 radical (unpaired) electrons. The number of likely N-dealkylation sites (N-methyl/N-ethyl adjacent to an activating group) is 1. The monoisotopic (exact) mass is 259 g/mol. The quantitative estimate of drug-likeness (QED) is 0.365. The highest BCUT2D eigenvalue weighted by molar-refractivity contribution is 5.97. The summed E-state index contributed by atoms with van der Waals surface area (Å²) < 4.78 is 1.89. The summed E-state index contributed by atoms with van der Waals surface area (Å²) in [6.45, 7) is 1.68. The number of nitrogens with zero attached hydrogens (tertiary/aromatic N) is 4. The molecule has 1 aromatic carbocycles. The molecular weight excluding hydrogens is 242 g/mol. The van der Waals surface area contributed by atoms with Crippen LogP contribution in [0.25, 0.3) is 0 Å². The first-order valence-electron chi connectivity index (χ1n) is 5.97. The fourth-order valence-electron chi connectivity index (χ4n) is 1.76. The number of hydrogen-bond donors (Lipinski definition) is 2. The second-order valence-corrected chi connectivity index (χ2v) is 4.22. The van der Waals surface area contributed by atoms with Gasteiger partial charge in [0.25, 0.3) is 0 Å². The van der Waals surface area contributed by atoms with E-state index < -0.39 is 0 Å². The van der Waals surface area contributed by atoms with Gasteiger partial charge in [-0.05, 0) is 30.3 Å². The van der Waals surface area contributed by atoms with Gasteiger partial charge in [-0.2, -0.15) is 5.10 Å². The zero-order valence-corrected chi connectivity index (χ0v) is 10.8. The van der Waals surface area contributed by atoms with Crippen molar-refractivity contribution >= 4 is 11.5 Å². The summed E-state index contributed by atoms with van der Waals surface area (Å²) in [5, 5.41) is 15.7. The molecule has 6 nitrogen and oxygen atoms in total. The van der Waals surface area contributed by atoms with Gasteiger partial charge in [-0.3, -0.25) is 4.68 Å². The van der Waals surface area contributed by atoms with Gasteiger partial charge in [0.05, 0.1) is 6.54 Å². The van der Waals surface area contributed by atoms with E-state index in [1.165, 1.54) is 0 Å². The highest BCUT2D eigenvalue weighted by atomic mass is 16.4. The lowest BCUT2D eigenvalue weighted by atomic mass is 10.2. The molecule has 0 saturated heterocycles. The van der Waals surface area contributed by atoms with Gasteiger partial charge in [-0.25, -0.2) is 0 Å². The van der Waals surface area contributed by atoms with Crippen molar-refractivity contribution in [1.29, 1.82) is 0 Å². The second-order valence-electron chi connectivity index (χ2n) is 4.22. The highest BCUT2D eigenvalue weighted by Gasteiger charge is 2.03. The lowest BCUT2D eigenvalue weighted by molar-refractivity contribution is 0.318. The van der Waals surface area contributed by atoms with E-state index in [0.717, 1.165) is 18.8 Å². The number of nitrogens with two attached hydrogens (primary N) is 1. The molecule has 0 fully saturated rings. The molecule has 100 valence electrons. The first-order valence-corrected chi connectivity index (χ1v) is 5.97. The predicted octanol–water partition coefficient (Wildman–Crippen LogP) is 1.11. The Morgan fingerprint density at radius 1 is 1.42 bits per heavy atom. The van der Waals surface area contributed by atoms with Gasteiger partial charge in [-0.15, -0.1) is 0 Å². The molecule has 2 rings (SSSR count). The van der Waals surface area contributed by atoms with Gasteiger partial charge in [0, 0.05) is 37.2 Å². The standard InChI is InChI=1S/C13H17N5O/c1-17(9-10-18-8-2-7-15-18)12-5-3-11(4-6-12)13(14)16-19/h2-8,19H,9-10H2,1H3,(H2,14,16). The van der Waals surface area contributed by atoms with Crippen molar-refractivity contribution in [3.8, 4) is 0 Å². The number of oxime groups is 1. The molecule has 0 unspecified atom stereocenters. The van der Waals surface area contributed by atoms with Crippen LogP contribution >= 0.6 is 0 Å². The normalized spacial score (nSPS) is 11.5. The Kier molecular flexibility index (Phi) is 4.02. The van der Waals surface area contributed by atoms with E-state index in [2.05, 4.69) is 15.2 Å². The van der Waals surface area contributed by atoms with Gasteiger partial charge in [0.15, 0.2) is 5.84 Å². The summed E-state index contributed by atoms with van der Waals surface area (Å²) in [5.74, 6) is 0.116. The fraction of sp³-hybridized carbons (Fsp3) is 0.231. The number of benzene rings is 1. The molecular formula is C13H17N5O. The molecule has 6 heteroatoms. The van der Waals surface area contributed by atoms with Crippen LogP contribution in [0.5, 0.6) is 0 Å². The minimum atomic E-state index is 0.116. The average molecular weight is 259 g/mol. The zero-order valence-electron chi connectivity index (χ0n) is 10.8. The summed E-state index contributed by atoms with van der Waals surface area (Å²) in [4.78, 5) is 2.12. The molecule has 1 heterocycles. The van der Waals surface area contributed by atoms with Crippen LogP contribution < -0.4 is 10.6 Å². The number of amidine groups is 1. The van der Waals surface area contributed by atoms with E-state index in [9.17, 15) is 0 Å². The Morgan fingerprint density at radius 3 is 2.74 bits per heavy atom. The Hall–Kier alpha value is -2.50. The first-order chi connectivity index (χ1) is 9.20. The van der Waals surface area contributed by atoms with Gasteiger partial charge in [0.1, 0.15) is 0 Å². The van der Waals surface area contributed by atoms with Crippen LogP contribution in [0.3, 0.4) is 0 Å². The Labute approximate surface area is 111 Å². The third-order valence-electron chi connectivity index (χ3n) is 2.94. The molecule has 0 saturated carbocycles. The van der Waals surface area contributed by atoms with Crippen molar-refractivity contribution in [2.75, 3.05) is 18.5 Å². The molecule has 0 aliphatic rings. The van der Waals surface area contributed by atoms with Crippen LogP contribution in [0.15, 0.2) is 47.9 Å². The summed E-state index contributed by atoms with van der Waals surface area (Å²) >= 11 is 0. The van der Waals surface area contributed by atoms with Gasteiger partial charge in [-0.1, -0.05) is 5.16 Å². The third kappa shape index (κ3) is 3.25. The van der Waals surface area contributed by atoms with E-state index in [4.69, 9.17) is 10.9 Å². The lowest BCUT2D eigenvalue weighted by Gasteiger charge is -2.19. The minimum Gasteiger partial charge on any atom is -0.409 e. The topological polar surface area (TPSA) is 79.7 Å². The molecule has 0 aliphatic heterocycles. The first kappa shape index (κ1) is 12.9. The fourth-order valence-corrected chi connectivity index (χ4v) is 1.76. The van der Waals surface area contributed by atoms with Gasteiger partial charge < -0.3 is 15.8 Å². The SMILES string of the molecule is CN(CCn1cccn1)c1ccc(C(N)=NO)cc1. The maximum absolute atomic E-state index is 8.60. The van der Waals surface area contributed by atoms with Crippen LogP contribution in [0.2, 0.25) is 0 Å². The average Bonchev–Trinajstić information content (AvgIpc) is 2.97. The largest absolute Gasteiger partial charge is 0.409 e. The second kappa shape index (κ2) is 5.90. The van der Waals surface area contributed by atoms with Gasteiger partial charge >= 0.3 is 0 Å². The van der Waals surface area contributed by atoms with Crippen LogP contribution in [0.4, 0.5) is 5.69 Å². The van der Waals surface area contributed by atoms with Crippen molar-refractivity contribution in [3.63, 3.8) is 0 Å². The highest BCUT2D eigenvalue weighted by Crippen LogP contribution is 2.13. The Morgan fingerprint density at radius 2 is 2.16 bits per heavy atom. The van der Waals surface area contributed by atoms with E-state index >= 15 is 0 Å². The molecule has 19 heavy (non-hydrogen) atoms. The molecule has 2 aromatic rings. The van der Waals surface area contributed by atoms with Crippen LogP contribution in [0, 0.1) is 0 Å². The molecule has 0 aliphatic carbocycles. The number of hydrogen-bond acceptors (Lipinski definition) is 4. The van der Waals surface area contributed by atoms with Crippen molar-refractivity contribution in [3.05, 3.63) is 48.3 Å². The maximum atomic E-state index is 8.60. The molecule has 0 atom stereocenters. The molecule has 3 N–H and O–H groups in total. The van der Waals surface area contributed by atoms with Crippen molar-refractivity contribution in [2.45, 2.75) is 6.54 Å². The van der Waals surface area contributed by atoms with Crippen molar-refractivity contribution in [2.24, 2.45) is 10.9 Å². The molecule has 0 amide bonds. The Balaban J connectivity index is 1.97. The van der Waals surface area contributed by atoms with Crippen molar-refractivity contribution < 1.29 is 5.21 Å². The Bertz CT molecular complexity index is 533. The van der Waals surface area contributed by atoms with Crippen LogP contribution in [-0.2, 0) is 6.54 Å². The smallest absolute Gasteiger partial charge is 0.170 e. The molecule has 1 aromatic heterocycles. The van der Waals surface area contributed by atoms with Crippen LogP contribution in [-0.4, -0.2) is 34.4 Å². The lowest BCUT2D eigenvalue weighted by Crippen LogP contribution is -2.23.